The molecule has 2 rings (SSSR count). The summed E-state index contributed by atoms with van der Waals surface area (Å²) in [6.07, 6.45) is 6.32. The van der Waals surface area contributed by atoms with Gasteiger partial charge in [-0.1, -0.05) is 19.3 Å². The number of rotatable bonds is 7. The van der Waals surface area contributed by atoms with Crippen molar-refractivity contribution in [1.29, 1.82) is 0 Å². The van der Waals surface area contributed by atoms with Crippen molar-refractivity contribution in [1.82, 2.24) is 15.2 Å². The van der Waals surface area contributed by atoms with Gasteiger partial charge in [-0.25, -0.2) is 4.98 Å². The summed E-state index contributed by atoms with van der Waals surface area (Å²) in [5.74, 6) is -0.00554. The highest BCUT2D eigenvalue weighted by Crippen LogP contribution is 2.24. The van der Waals surface area contributed by atoms with Gasteiger partial charge in [0, 0.05) is 31.6 Å². The van der Waals surface area contributed by atoms with Crippen LogP contribution in [0.5, 0.6) is 0 Å². The number of amides is 1. The van der Waals surface area contributed by atoms with E-state index in [4.69, 9.17) is 0 Å². The summed E-state index contributed by atoms with van der Waals surface area (Å²) in [6, 6.07) is 0.549. The summed E-state index contributed by atoms with van der Waals surface area (Å²) in [4.78, 5) is 18.4. The molecule has 0 bridgehead atoms. The lowest BCUT2D eigenvalue weighted by Crippen LogP contribution is -2.40. The molecule has 0 saturated heterocycles. The van der Waals surface area contributed by atoms with E-state index < -0.39 is 0 Å². The average molecular weight is 325 g/mol. The third-order valence-corrected chi connectivity index (χ3v) is 5.04. The zero-order valence-electron chi connectivity index (χ0n) is 13.5. The van der Waals surface area contributed by atoms with E-state index in [2.05, 4.69) is 15.2 Å². The van der Waals surface area contributed by atoms with E-state index in [1.54, 1.807) is 7.05 Å². The molecular weight excluding hydrogens is 298 g/mol. The predicted octanol–water partition coefficient (Wildman–Crippen LogP) is 1.95. The number of nitrogens with zero attached hydrogens (tertiary/aromatic N) is 2. The lowest BCUT2D eigenvalue weighted by molar-refractivity contribution is -0.119. The highest BCUT2D eigenvalue weighted by molar-refractivity contribution is 7.09. The van der Waals surface area contributed by atoms with Gasteiger partial charge in [-0.3, -0.25) is 9.69 Å². The van der Waals surface area contributed by atoms with Gasteiger partial charge in [-0.2, -0.15) is 0 Å². The van der Waals surface area contributed by atoms with Crippen LogP contribution in [0.15, 0.2) is 5.38 Å². The molecule has 1 aromatic rings. The smallest absolute Gasteiger partial charge is 0.226 e. The van der Waals surface area contributed by atoms with Crippen molar-refractivity contribution < 1.29 is 9.90 Å². The molecule has 2 N–H and O–H groups in total. The molecule has 1 heterocycles. The topological polar surface area (TPSA) is 65.5 Å². The maximum absolute atomic E-state index is 11.4. The zero-order chi connectivity index (χ0) is 15.9. The molecule has 1 amide bonds. The first-order valence-corrected chi connectivity index (χ1v) is 9.02. The van der Waals surface area contributed by atoms with Crippen LogP contribution in [0, 0.1) is 0 Å². The Kier molecular flexibility index (Phi) is 6.79. The number of aliphatic hydroxyl groups excluding tert-OH is 1. The molecule has 1 fully saturated rings. The van der Waals surface area contributed by atoms with Crippen molar-refractivity contribution in [2.75, 3.05) is 13.6 Å². The zero-order valence-corrected chi connectivity index (χ0v) is 14.4. The van der Waals surface area contributed by atoms with Gasteiger partial charge in [0.05, 0.1) is 18.2 Å². The van der Waals surface area contributed by atoms with Crippen molar-refractivity contribution in [3.05, 3.63) is 16.1 Å². The molecule has 0 aliphatic heterocycles. The fourth-order valence-corrected chi connectivity index (χ4v) is 3.85. The molecule has 22 heavy (non-hydrogen) atoms. The molecule has 1 saturated carbocycles. The number of aliphatic hydroxyl groups is 1. The van der Waals surface area contributed by atoms with E-state index in [1.807, 2.05) is 12.3 Å². The molecule has 1 aromatic heterocycles. The predicted molar refractivity (Wildman–Crippen MR) is 88.8 cm³/mol. The molecule has 5 nitrogen and oxygen atoms in total. The number of hydrogen-bond acceptors (Lipinski definition) is 5. The minimum Gasteiger partial charge on any atom is -0.392 e. The Bertz CT molecular complexity index is 470. The third kappa shape index (κ3) is 5.34. The van der Waals surface area contributed by atoms with E-state index in [1.165, 1.54) is 43.4 Å². The van der Waals surface area contributed by atoms with Gasteiger partial charge < -0.3 is 10.4 Å². The van der Waals surface area contributed by atoms with E-state index in [0.29, 0.717) is 19.0 Å². The third-order valence-electron chi connectivity index (χ3n) is 4.14. The average Bonchev–Trinajstić information content (AvgIpc) is 2.94. The highest BCUT2D eigenvalue weighted by atomic mass is 32.1. The largest absolute Gasteiger partial charge is 0.392 e. The summed E-state index contributed by atoms with van der Waals surface area (Å²) < 4.78 is 0. The van der Waals surface area contributed by atoms with Crippen molar-refractivity contribution in [3.8, 4) is 0 Å². The van der Waals surface area contributed by atoms with Gasteiger partial charge >= 0.3 is 0 Å². The van der Waals surface area contributed by atoms with Crippen molar-refractivity contribution in [3.63, 3.8) is 0 Å². The lowest BCUT2D eigenvalue weighted by atomic mass is 9.94. The van der Waals surface area contributed by atoms with Crippen molar-refractivity contribution in [2.45, 2.75) is 64.1 Å². The summed E-state index contributed by atoms with van der Waals surface area (Å²) in [5, 5.41) is 15.3. The fourth-order valence-electron chi connectivity index (χ4n) is 3.06. The molecule has 124 valence electrons. The first kappa shape index (κ1) is 17.4. The maximum atomic E-state index is 11.4. The fraction of sp³-hybridized carbons (Fsp3) is 0.750. The molecule has 0 radical (unpaired) electrons. The number of aromatic nitrogens is 1. The van der Waals surface area contributed by atoms with Crippen LogP contribution in [0.2, 0.25) is 0 Å². The van der Waals surface area contributed by atoms with E-state index in [-0.39, 0.29) is 12.0 Å². The van der Waals surface area contributed by atoms with Gasteiger partial charge in [0.25, 0.3) is 0 Å². The van der Waals surface area contributed by atoms with Gasteiger partial charge in [0.15, 0.2) is 0 Å². The summed E-state index contributed by atoms with van der Waals surface area (Å²) in [7, 11) is 1.64. The Hall–Kier alpha value is -0.980. The quantitative estimate of drug-likeness (QED) is 0.804. The van der Waals surface area contributed by atoms with Gasteiger partial charge in [0.1, 0.15) is 5.01 Å². The van der Waals surface area contributed by atoms with Crippen LogP contribution in [0.1, 0.15) is 49.7 Å². The van der Waals surface area contributed by atoms with Gasteiger partial charge in [-0.15, -0.1) is 11.3 Å². The molecule has 1 atom stereocenters. The Morgan fingerprint density at radius 2 is 2.23 bits per heavy atom. The van der Waals surface area contributed by atoms with E-state index >= 15 is 0 Å². The Morgan fingerprint density at radius 1 is 1.50 bits per heavy atom. The van der Waals surface area contributed by atoms with E-state index in [0.717, 1.165) is 17.2 Å². The van der Waals surface area contributed by atoms with Crippen LogP contribution < -0.4 is 5.32 Å². The van der Waals surface area contributed by atoms with Gasteiger partial charge in [0.2, 0.25) is 5.91 Å². The highest BCUT2D eigenvalue weighted by Gasteiger charge is 2.23. The van der Waals surface area contributed by atoms with Crippen LogP contribution in [-0.4, -0.2) is 46.6 Å². The molecule has 1 unspecified atom stereocenters. The number of carbonyl (C=O) groups excluding carboxylic acids is 1. The summed E-state index contributed by atoms with van der Waals surface area (Å²) in [6.45, 7) is 3.29. The number of carbonyl (C=O) groups is 1. The van der Waals surface area contributed by atoms with Crippen LogP contribution in [0.3, 0.4) is 0 Å². The normalized spacial score (nSPS) is 17.6. The molecule has 1 aliphatic carbocycles. The summed E-state index contributed by atoms with van der Waals surface area (Å²) >= 11 is 1.54. The molecular formula is C16H27N3O2S. The Labute approximate surface area is 136 Å². The maximum Gasteiger partial charge on any atom is 0.226 e. The second-order valence-corrected chi connectivity index (χ2v) is 7.10. The first-order chi connectivity index (χ1) is 10.6. The number of nitrogens with one attached hydrogen (secondary N) is 1. The van der Waals surface area contributed by atoms with Crippen molar-refractivity contribution >= 4 is 17.2 Å². The SMILES string of the molecule is CNC(=O)Cc1nc(CN(CC(C)O)C2CCCCC2)cs1. The molecule has 6 heteroatoms. The van der Waals surface area contributed by atoms with Crippen LogP contribution >= 0.6 is 11.3 Å². The minimum absolute atomic E-state index is 0.00554. The number of likely N-dealkylation sites (N-methyl/N-ethyl adjacent to an activating group) is 1. The van der Waals surface area contributed by atoms with Crippen molar-refractivity contribution in [2.24, 2.45) is 0 Å². The first-order valence-electron chi connectivity index (χ1n) is 8.14. The standard InChI is InChI=1S/C16H27N3O2S/c1-12(20)9-19(14-6-4-3-5-7-14)10-13-11-22-16(18-13)8-15(21)17-2/h11-12,14,20H,3-10H2,1-2H3,(H,17,21). The van der Waals surface area contributed by atoms with Gasteiger partial charge in [-0.05, 0) is 19.8 Å². The van der Waals surface area contributed by atoms with Crippen LogP contribution in [0.4, 0.5) is 0 Å². The van der Waals surface area contributed by atoms with Crippen LogP contribution in [-0.2, 0) is 17.8 Å². The Balaban J connectivity index is 1.98. The van der Waals surface area contributed by atoms with E-state index in [9.17, 15) is 9.90 Å². The summed E-state index contributed by atoms with van der Waals surface area (Å²) in [5.41, 5.74) is 1.01. The number of hydrogen-bond donors (Lipinski definition) is 2. The number of thiazole rings is 1. The Morgan fingerprint density at radius 3 is 2.86 bits per heavy atom. The minimum atomic E-state index is -0.328. The second-order valence-electron chi connectivity index (χ2n) is 6.15. The molecule has 1 aliphatic rings. The van der Waals surface area contributed by atoms with Crippen LogP contribution in [0.25, 0.3) is 0 Å². The molecule has 0 aromatic carbocycles. The molecule has 0 spiro atoms. The lowest BCUT2D eigenvalue weighted by Gasteiger charge is -2.34. The second kappa shape index (κ2) is 8.60. The monoisotopic (exact) mass is 325 g/mol.